The molecule has 0 bridgehead atoms. The number of hydrogen-bond donors (Lipinski definition) is 0. The number of para-hydroxylation sites is 1. The fraction of sp³-hybridized carbons (Fsp3) is 0.276. The predicted molar refractivity (Wildman–Crippen MR) is 276 cm³/mol. The SMILES string of the molecule is [2H]c1c([2H])c2c3c(c1[2H])-n1c4c([2H])c([2H])c(C(C)(C)C)c([2H])c4c4c([2H])c(C(C)(C)C)c([2H])c(c41)N3c1c([2H])c(C(C)(C)C)c([2H])c3c1B2c1c([2H])c(C(C)(C)C)c([2H])c([2H])c1N3c1c([2H])c([2H])c([2H])c2c1sc1c([2H])c([2H])c([2H])c([2H])c12. The highest BCUT2D eigenvalue weighted by Crippen LogP contribution is 2.55. The average molecular weight is 858 g/mol. The van der Waals surface area contributed by atoms with Gasteiger partial charge in [-0.3, -0.25) is 0 Å². The second kappa shape index (κ2) is 12.5. The van der Waals surface area contributed by atoms with Crippen molar-refractivity contribution in [2.24, 2.45) is 0 Å². The van der Waals surface area contributed by atoms with E-state index in [0.29, 0.717) is 0 Å². The van der Waals surface area contributed by atoms with Crippen LogP contribution in [0.25, 0.3) is 47.7 Å². The third kappa shape index (κ3) is 5.38. The minimum atomic E-state index is -1.55. The smallest absolute Gasteiger partial charge is 0.252 e. The molecule has 0 amide bonds. The number of aromatic nitrogens is 1. The van der Waals surface area contributed by atoms with E-state index in [1.54, 1.807) is 46.4 Å². The van der Waals surface area contributed by atoms with Crippen LogP contribution in [-0.4, -0.2) is 11.3 Å². The van der Waals surface area contributed by atoms with Gasteiger partial charge in [0.1, 0.15) is 0 Å². The quantitative estimate of drug-likeness (QED) is 0.152. The van der Waals surface area contributed by atoms with Crippen molar-refractivity contribution >= 4 is 111 Å². The second-order valence-electron chi connectivity index (χ2n) is 21.1. The number of thiophene rings is 1. The topological polar surface area (TPSA) is 11.4 Å². The molecule has 0 radical (unpaired) electrons. The van der Waals surface area contributed by atoms with Crippen molar-refractivity contribution in [3.8, 4) is 5.69 Å². The normalized spacial score (nSPS) is 19.0. The van der Waals surface area contributed by atoms with E-state index in [1.165, 1.54) is 9.47 Å². The van der Waals surface area contributed by atoms with Crippen molar-refractivity contribution in [3.05, 3.63) is 143 Å². The zero-order chi connectivity index (χ0) is 61.3. The Morgan fingerprint density at radius 1 is 0.444 bits per heavy atom. The summed E-state index contributed by atoms with van der Waals surface area (Å²) < 4.78 is 198. The summed E-state index contributed by atoms with van der Waals surface area (Å²) in [6.07, 6.45) is 0. The van der Waals surface area contributed by atoms with Gasteiger partial charge in [-0.2, -0.15) is 0 Å². The molecule has 3 aliphatic rings. The molecule has 5 heteroatoms. The van der Waals surface area contributed by atoms with Crippen molar-refractivity contribution in [1.29, 1.82) is 0 Å². The molecule has 7 aromatic carbocycles. The van der Waals surface area contributed by atoms with Crippen molar-refractivity contribution in [1.82, 2.24) is 4.57 Å². The number of rotatable bonds is 1. The predicted octanol–water partition coefficient (Wildman–Crippen LogP) is 14.7. The molecule has 3 nitrogen and oxygen atoms in total. The average Bonchev–Trinajstić information content (AvgIpc) is 1.83. The van der Waals surface area contributed by atoms with E-state index >= 15 is 0 Å². The highest BCUT2D eigenvalue weighted by atomic mass is 32.1. The van der Waals surface area contributed by atoms with E-state index in [4.69, 9.17) is 5.48 Å². The molecule has 3 aliphatic heterocycles. The minimum absolute atomic E-state index is 0.00431. The zero-order valence-electron chi connectivity index (χ0n) is 57.3. The Labute approximate surface area is 405 Å². The Morgan fingerprint density at radius 2 is 1.03 bits per heavy atom. The number of benzene rings is 7. The highest BCUT2D eigenvalue weighted by Gasteiger charge is 2.47. The maximum atomic E-state index is 10.7. The summed E-state index contributed by atoms with van der Waals surface area (Å²) in [5.74, 6) is 0. The number of fused-ring (bicyclic) bond motifs is 12. The number of hydrogen-bond acceptors (Lipinski definition) is 3. The van der Waals surface area contributed by atoms with Crippen LogP contribution < -0.4 is 26.2 Å². The van der Waals surface area contributed by atoms with Gasteiger partial charge in [-0.15, -0.1) is 11.3 Å². The van der Waals surface area contributed by atoms with E-state index in [-0.39, 0.29) is 169 Å². The summed E-state index contributed by atoms with van der Waals surface area (Å²) in [4.78, 5) is 2.87. The molecule has 0 spiro atoms. The summed E-state index contributed by atoms with van der Waals surface area (Å²) in [6, 6.07) is -8.98. The molecular formula is C58H56BN3S. The van der Waals surface area contributed by atoms with Crippen LogP contribution in [0.1, 0.15) is 133 Å². The van der Waals surface area contributed by atoms with Crippen LogP contribution in [0.15, 0.2) is 121 Å². The fourth-order valence-electron chi connectivity index (χ4n) is 9.17. The lowest BCUT2D eigenvalue weighted by atomic mass is 9.33. The molecule has 63 heavy (non-hydrogen) atoms. The first kappa shape index (κ1) is 23.2. The van der Waals surface area contributed by atoms with E-state index in [0.717, 1.165) is 11.3 Å². The molecule has 0 aliphatic carbocycles. The molecule has 0 saturated carbocycles. The lowest BCUT2D eigenvalue weighted by molar-refractivity contribution is 0.590. The monoisotopic (exact) mass is 858 g/mol. The van der Waals surface area contributed by atoms with Gasteiger partial charge in [-0.05, 0) is 121 Å². The van der Waals surface area contributed by atoms with Crippen LogP contribution in [0.4, 0.5) is 34.1 Å². The van der Waals surface area contributed by atoms with Crippen LogP contribution in [0.2, 0.25) is 0 Å². The molecule has 5 heterocycles. The largest absolute Gasteiger partial charge is 0.310 e. The highest BCUT2D eigenvalue weighted by molar-refractivity contribution is 7.26. The molecular weight excluding hydrogens is 782 g/mol. The van der Waals surface area contributed by atoms with Gasteiger partial charge in [0.25, 0.3) is 6.71 Å². The van der Waals surface area contributed by atoms with Gasteiger partial charge >= 0.3 is 0 Å². The van der Waals surface area contributed by atoms with Gasteiger partial charge in [0.05, 0.1) is 65.9 Å². The third-order valence-corrected chi connectivity index (χ3v) is 13.6. The van der Waals surface area contributed by atoms with Crippen LogP contribution in [0.5, 0.6) is 0 Å². The Bertz CT molecular complexity index is 4630. The zero-order valence-corrected chi connectivity index (χ0v) is 38.1. The first-order valence-corrected chi connectivity index (χ1v) is 22.1. The van der Waals surface area contributed by atoms with E-state index in [1.807, 2.05) is 41.5 Å². The molecule has 9 aromatic rings. The minimum Gasteiger partial charge on any atom is -0.310 e. The molecule has 12 rings (SSSR count). The summed E-state index contributed by atoms with van der Waals surface area (Å²) in [6.45, 7) is 19.9. The van der Waals surface area contributed by atoms with Gasteiger partial charge in [-0.25, -0.2) is 0 Å². The molecule has 0 saturated heterocycles. The maximum absolute atomic E-state index is 10.7. The Hall–Kier alpha value is -5.78. The maximum Gasteiger partial charge on any atom is 0.252 e. The van der Waals surface area contributed by atoms with Gasteiger partial charge in [0.2, 0.25) is 0 Å². The number of nitrogens with zero attached hydrogens (tertiary/aromatic N) is 3. The second-order valence-corrected chi connectivity index (χ2v) is 22.1. The van der Waals surface area contributed by atoms with E-state index in [9.17, 15) is 21.9 Å². The summed E-state index contributed by atoms with van der Waals surface area (Å²) in [5.41, 5.74) is -4.72. The van der Waals surface area contributed by atoms with E-state index < -0.39 is 101 Å². The van der Waals surface area contributed by atoms with Gasteiger partial charge in [-0.1, -0.05) is 144 Å². The fourth-order valence-corrected chi connectivity index (χ4v) is 10.2. The first-order chi connectivity index (χ1) is 38.2. The van der Waals surface area contributed by atoms with Crippen molar-refractivity contribution in [2.45, 2.75) is 105 Å². The van der Waals surface area contributed by atoms with Gasteiger partial charge < -0.3 is 14.4 Å². The molecule has 312 valence electrons. The number of anilines is 6. The summed E-state index contributed by atoms with van der Waals surface area (Å²) in [7, 11) is 0. The van der Waals surface area contributed by atoms with E-state index in [2.05, 4.69) is 0 Å². The summed E-state index contributed by atoms with van der Waals surface area (Å²) in [5, 5.41) is -0.0678. The summed E-state index contributed by atoms with van der Waals surface area (Å²) >= 11 is 0.807. The Kier molecular flexibility index (Phi) is 4.60. The molecule has 2 aromatic heterocycles. The van der Waals surface area contributed by atoms with Crippen LogP contribution >= 0.6 is 11.3 Å². The van der Waals surface area contributed by atoms with Crippen molar-refractivity contribution in [3.63, 3.8) is 0 Å². The molecule has 0 unspecified atom stereocenters. The third-order valence-electron chi connectivity index (χ3n) is 12.5. The Balaban J connectivity index is 1.43. The first-order valence-electron chi connectivity index (χ1n) is 31.3. The molecule has 0 atom stereocenters. The lowest BCUT2D eigenvalue weighted by Crippen LogP contribution is -2.62. The van der Waals surface area contributed by atoms with Gasteiger partial charge in [0.15, 0.2) is 0 Å². The standard InChI is InChI=1S/C58H56BN3S/c1-55(2,3)33-23-25-43-39(27-33)40-28-35(57(7,8)9)32-49-52(40)61(43)45-20-16-19-41-53(45)62(49)48-31-36(58(10,11)12)30-47-51(48)59(41)42-29-34(56(4,5)6)24-26-44(42)60(47)46-21-15-18-38-37-17-13-14-22-50(37)63-54(38)46/h13-32H,1-12H3/i13D,14D,15D,16D,17D,18D,19D,20D,21D,22D,23D,24D,25D,26D,27D,28D,29D,30D,31D,32D. The van der Waals surface area contributed by atoms with Crippen molar-refractivity contribution in [2.75, 3.05) is 9.80 Å². The van der Waals surface area contributed by atoms with Gasteiger partial charge in [0, 0.05) is 43.3 Å². The lowest BCUT2D eigenvalue weighted by Gasteiger charge is -2.47. The van der Waals surface area contributed by atoms with Crippen LogP contribution in [0, 0.1) is 0 Å². The molecule has 0 fully saturated rings. The van der Waals surface area contributed by atoms with Crippen LogP contribution in [0.3, 0.4) is 0 Å². The Morgan fingerprint density at radius 3 is 1.76 bits per heavy atom. The van der Waals surface area contributed by atoms with Crippen molar-refractivity contribution < 1.29 is 27.4 Å². The van der Waals surface area contributed by atoms with Crippen LogP contribution in [-0.2, 0) is 21.7 Å². The molecule has 0 N–H and O–H groups in total.